The van der Waals surface area contributed by atoms with Crippen LogP contribution in [-0.4, -0.2) is 29.8 Å². The first-order valence-corrected chi connectivity index (χ1v) is 6.69. The van der Waals surface area contributed by atoms with Gasteiger partial charge in [0.2, 0.25) is 0 Å². The molecule has 2 nitrogen and oxygen atoms in total. The van der Waals surface area contributed by atoms with E-state index >= 15 is 0 Å². The fourth-order valence-corrected chi connectivity index (χ4v) is 2.23. The van der Waals surface area contributed by atoms with Crippen molar-refractivity contribution in [1.82, 2.24) is 4.90 Å². The summed E-state index contributed by atoms with van der Waals surface area (Å²) in [5.74, 6) is -0.0289. The lowest BCUT2D eigenvalue weighted by atomic mass is 10.1. The molecule has 2 rings (SSSR count). The predicted molar refractivity (Wildman–Crippen MR) is 70.0 cm³/mol. The van der Waals surface area contributed by atoms with Gasteiger partial charge in [0, 0.05) is 12.5 Å². The van der Waals surface area contributed by atoms with E-state index in [-0.39, 0.29) is 11.6 Å². The zero-order chi connectivity index (χ0) is 13.0. The van der Waals surface area contributed by atoms with E-state index in [4.69, 9.17) is 0 Å². The number of carbonyl (C=O) groups is 1. The molecule has 1 aromatic rings. The average Bonchev–Trinajstić information content (AvgIpc) is 3.16. The summed E-state index contributed by atoms with van der Waals surface area (Å²) in [5.41, 5.74) is 0.897. The Kier molecular flexibility index (Phi) is 4.48. The van der Waals surface area contributed by atoms with Gasteiger partial charge >= 0.3 is 0 Å². The van der Waals surface area contributed by atoms with E-state index < -0.39 is 0 Å². The van der Waals surface area contributed by atoms with Gasteiger partial charge in [-0.1, -0.05) is 19.1 Å². The van der Waals surface area contributed by atoms with Crippen LogP contribution in [0, 0.1) is 5.82 Å². The lowest BCUT2D eigenvalue weighted by Crippen LogP contribution is -2.33. The molecule has 0 saturated heterocycles. The molecule has 0 amide bonds. The van der Waals surface area contributed by atoms with E-state index in [9.17, 15) is 9.18 Å². The summed E-state index contributed by atoms with van der Waals surface area (Å²) >= 11 is 0. The maximum absolute atomic E-state index is 12.8. The van der Waals surface area contributed by atoms with Crippen LogP contribution in [0.25, 0.3) is 0 Å². The number of hydrogen-bond acceptors (Lipinski definition) is 2. The van der Waals surface area contributed by atoms with E-state index in [1.165, 1.54) is 25.0 Å². The van der Waals surface area contributed by atoms with Crippen molar-refractivity contribution < 1.29 is 9.18 Å². The van der Waals surface area contributed by atoms with Crippen molar-refractivity contribution in [3.05, 3.63) is 35.6 Å². The highest BCUT2D eigenvalue weighted by atomic mass is 19.1. The van der Waals surface area contributed by atoms with Crippen LogP contribution in [0.4, 0.5) is 4.39 Å². The summed E-state index contributed by atoms with van der Waals surface area (Å²) in [6, 6.07) is 6.83. The van der Waals surface area contributed by atoms with Crippen molar-refractivity contribution in [2.24, 2.45) is 0 Å². The smallest absolute Gasteiger partial charge is 0.151 e. The van der Waals surface area contributed by atoms with Crippen LogP contribution in [-0.2, 0) is 11.2 Å². The van der Waals surface area contributed by atoms with E-state index in [0.29, 0.717) is 19.0 Å². The van der Waals surface area contributed by atoms with Gasteiger partial charge in [-0.15, -0.1) is 0 Å². The van der Waals surface area contributed by atoms with Crippen molar-refractivity contribution in [2.45, 2.75) is 38.6 Å². The first-order chi connectivity index (χ1) is 8.69. The Morgan fingerprint density at radius 3 is 2.56 bits per heavy atom. The second kappa shape index (κ2) is 6.10. The monoisotopic (exact) mass is 249 g/mol. The highest BCUT2D eigenvalue weighted by Crippen LogP contribution is 2.26. The fraction of sp³-hybridized carbons (Fsp3) is 0.533. The Morgan fingerprint density at radius 2 is 2.00 bits per heavy atom. The fourth-order valence-electron chi connectivity index (χ4n) is 2.23. The predicted octanol–water partition coefficient (Wildman–Crippen LogP) is 2.81. The highest BCUT2D eigenvalue weighted by molar-refractivity contribution is 5.82. The van der Waals surface area contributed by atoms with Crippen molar-refractivity contribution in [3.63, 3.8) is 0 Å². The third-order valence-corrected chi connectivity index (χ3v) is 3.27. The van der Waals surface area contributed by atoms with Gasteiger partial charge in [-0.3, -0.25) is 9.69 Å². The van der Waals surface area contributed by atoms with Gasteiger partial charge in [0.15, 0.2) is 5.78 Å². The molecule has 0 heterocycles. The number of carbonyl (C=O) groups excluding carboxylic acids is 1. The SMILES string of the molecule is CCCN(CC(=O)Cc1ccc(F)cc1)C1CC1. The molecule has 3 heteroatoms. The number of halogens is 1. The number of ketones is 1. The zero-order valence-corrected chi connectivity index (χ0v) is 10.9. The minimum Gasteiger partial charge on any atom is -0.298 e. The Balaban J connectivity index is 1.85. The summed E-state index contributed by atoms with van der Waals surface area (Å²) in [6.45, 7) is 3.68. The van der Waals surface area contributed by atoms with Gasteiger partial charge in [-0.05, 0) is 43.5 Å². The van der Waals surface area contributed by atoms with Crippen LogP contribution in [0.5, 0.6) is 0 Å². The third-order valence-electron chi connectivity index (χ3n) is 3.27. The molecular formula is C15H20FNO. The van der Waals surface area contributed by atoms with Crippen LogP contribution in [0.2, 0.25) is 0 Å². The number of benzene rings is 1. The van der Waals surface area contributed by atoms with Crippen LogP contribution in [0.3, 0.4) is 0 Å². The van der Waals surface area contributed by atoms with Crippen molar-refractivity contribution in [3.8, 4) is 0 Å². The summed E-state index contributed by atoms with van der Waals surface area (Å²) in [4.78, 5) is 14.3. The molecule has 0 aliphatic heterocycles. The van der Waals surface area contributed by atoms with Gasteiger partial charge in [0.05, 0.1) is 6.54 Å². The Bertz CT molecular complexity index is 397. The first-order valence-electron chi connectivity index (χ1n) is 6.69. The number of hydrogen-bond donors (Lipinski definition) is 0. The second-order valence-electron chi connectivity index (χ2n) is 5.04. The second-order valence-corrected chi connectivity index (χ2v) is 5.04. The lowest BCUT2D eigenvalue weighted by Gasteiger charge is -2.20. The Hall–Kier alpha value is -1.22. The van der Waals surface area contributed by atoms with Gasteiger partial charge in [0.25, 0.3) is 0 Å². The van der Waals surface area contributed by atoms with Crippen molar-refractivity contribution in [1.29, 1.82) is 0 Å². The van der Waals surface area contributed by atoms with E-state index in [1.54, 1.807) is 12.1 Å². The molecule has 0 N–H and O–H groups in total. The van der Waals surface area contributed by atoms with E-state index in [2.05, 4.69) is 11.8 Å². The van der Waals surface area contributed by atoms with Gasteiger partial charge < -0.3 is 0 Å². The Labute approximate surface area is 108 Å². The lowest BCUT2D eigenvalue weighted by molar-refractivity contribution is -0.119. The molecule has 0 atom stereocenters. The van der Waals surface area contributed by atoms with Gasteiger partial charge in [0.1, 0.15) is 5.82 Å². The molecule has 0 radical (unpaired) electrons. The number of Topliss-reactive ketones (excluding diaryl/α,β-unsaturated/α-hetero) is 1. The molecule has 1 aliphatic carbocycles. The zero-order valence-electron chi connectivity index (χ0n) is 10.9. The minimum atomic E-state index is -0.253. The molecule has 0 aromatic heterocycles. The van der Waals surface area contributed by atoms with Crippen LogP contribution >= 0.6 is 0 Å². The number of rotatable bonds is 7. The average molecular weight is 249 g/mol. The summed E-state index contributed by atoms with van der Waals surface area (Å²) in [5, 5.41) is 0. The van der Waals surface area contributed by atoms with Crippen molar-refractivity contribution in [2.75, 3.05) is 13.1 Å². The number of nitrogens with zero attached hydrogens (tertiary/aromatic N) is 1. The quantitative estimate of drug-likeness (QED) is 0.740. The molecule has 1 fully saturated rings. The molecule has 0 spiro atoms. The minimum absolute atomic E-state index is 0.224. The van der Waals surface area contributed by atoms with Gasteiger partial charge in [-0.25, -0.2) is 4.39 Å². The van der Waals surface area contributed by atoms with E-state index in [0.717, 1.165) is 18.5 Å². The molecule has 0 unspecified atom stereocenters. The highest BCUT2D eigenvalue weighted by Gasteiger charge is 2.29. The molecule has 1 aromatic carbocycles. The summed E-state index contributed by atoms with van der Waals surface area (Å²) in [6.07, 6.45) is 3.95. The first kappa shape index (κ1) is 13.2. The van der Waals surface area contributed by atoms with Crippen molar-refractivity contribution >= 4 is 5.78 Å². The normalized spacial score (nSPS) is 15.1. The maximum Gasteiger partial charge on any atom is 0.151 e. The maximum atomic E-state index is 12.8. The molecule has 98 valence electrons. The Morgan fingerprint density at radius 1 is 1.33 bits per heavy atom. The van der Waals surface area contributed by atoms with Crippen LogP contribution < -0.4 is 0 Å². The third kappa shape index (κ3) is 3.91. The van der Waals surface area contributed by atoms with Gasteiger partial charge in [-0.2, -0.15) is 0 Å². The molecule has 18 heavy (non-hydrogen) atoms. The van der Waals surface area contributed by atoms with Crippen LogP contribution in [0.15, 0.2) is 24.3 Å². The summed E-state index contributed by atoms with van der Waals surface area (Å²) < 4.78 is 12.8. The summed E-state index contributed by atoms with van der Waals surface area (Å²) in [7, 11) is 0. The molecule has 1 saturated carbocycles. The van der Waals surface area contributed by atoms with E-state index in [1.807, 2.05) is 0 Å². The molecule has 0 bridgehead atoms. The standard InChI is InChI=1S/C15H20FNO/c1-2-9-17(14-7-8-14)11-15(18)10-12-3-5-13(16)6-4-12/h3-6,14H,2,7-11H2,1H3. The largest absolute Gasteiger partial charge is 0.298 e. The molecular weight excluding hydrogens is 229 g/mol. The molecule has 1 aliphatic rings. The topological polar surface area (TPSA) is 20.3 Å². The van der Waals surface area contributed by atoms with Crippen LogP contribution in [0.1, 0.15) is 31.7 Å².